The van der Waals surface area contributed by atoms with Crippen LogP contribution < -0.4 is 0 Å². The summed E-state index contributed by atoms with van der Waals surface area (Å²) in [6.07, 6.45) is -0.891. The highest BCUT2D eigenvalue weighted by atomic mass is 16.9. The van der Waals surface area contributed by atoms with Gasteiger partial charge in [0.15, 0.2) is 0 Å². The first-order valence-corrected chi connectivity index (χ1v) is 6.79. The molecule has 0 spiro atoms. The Hall–Kier alpha value is -2.22. The number of rotatable bonds is 5. The molecule has 1 heterocycles. The summed E-state index contributed by atoms with van der Waals surface area (Å²) in [5, 5.41) is 0. The molecule has 0 bridgehead atoms. The normalized spacial score (nSPS) is 19.6. The van der Waals surface area contributed by atoms with Crippen molar-refractivity contribution in [2.24, 2.45) is 0 Å². The lowest BCUT2D eigenvalue weighted by Crippen LogP contribution is -2.39. The van der Waals surface area contributed by atoms with Crippen molar-refractivity contribution in [3.05, 3.63) is 47.0 Å². The molecule has 0 amide bonds. The third-order valence-electron chi connectivity index (χ3n) is 3.55. The summed E-state index contributed by atoms with van der Waals surface area (Å²) in [4.78, 5) is 24.5. The summed E-state index contributed by atoms with van der Waals surface area (Å²) in [5.41, 5.74) is 0.449. The molecule has 0 aliphatic carbocycles. The fourth-order valence-corrected chi connectivity index (χ4v) is 2.47. The Balaban J connectivity index is 2.68. The molecule has 1 aliphatic heterocycles. The van der Waals surface area contributed by atoms with E-state index in [0.717, 1.165) is 0 Å². The van der Waals surface area contributed by atoms with E-state index in [2.05, 4.69) is 0 Å². The van der Waals surface area contributed by atoms with E-state index in [9.17, 15) is 9.59 Å². The molecule has 7 heteroatoms. The van der Waals surface area contributed by atoms with Gasteiger partial charge < -0.3 is 23.7 Å². The van der Waals surface area contributed by atoms with Crippen molar-refractivity contribution in [1.82, 2.24) is 0 Å². The second kappa shape index (κ2) is 6.91. The molecule has 124 valence electrons. The number of hydrogen-bond donors (Lipinski definition) is 0. The predicted molar refractivity (Wildman–Crippen MR) is 78.1 cm³/mol. The minimum absolute atomic E-state index is 0.0192. The standard InChI is InChI=1S/C16H18O7/c1-19-14(17)11-12(15(18)20-2)16(21-3,22-4)23-13(11)10-8-6-5-7-9-10/h5-9,13H,1-4H3. The first-order valence-electron chi connectivity index (χ1n) is 6.79. The molecule has 1 aromatic rings. The second-order valence-electron chi connectivity index (χ2n) is 4.64. The fourth-order valence-electron chi connectivity index (χ4n) is 2.47. The number of benzene rings is 1. The van der Waals surface area contributed by atoms with Crippen molar-refractivity contribution in [2.75, 3.05) is 28.4 Å². The lowest BCUT2D eigenvalue weighted by Gasteiger charge is -2.27. The third-order valence-corrected chi connectivity index (χ3v) is 3.55. The summed E-state index contributed by atoms with van der Waals surface area (Å²) < 4.78 is 25.8. The Kier molecular flexibility index (Phi) is 5.15. The van der Waals surface area contributed by atoms with E-state index >= 15 is 0 Å². The first-order chi connectivity index (χ1) is 11.0. The topological polar surface area (TPSA) is 80.3 Å². The Bertz CT molecular complexity index is 617. The van der Waals surface area contributed by atoms with Crippen molar-refractivity contribution >= 4 is 11.9 Å². The highest BCUT2D eigenvalue weighted by molar-refractivity contribution is 6.03. The van der Waals surface area contributed by atoms with Gasteiger partial charge in [-0.1, -0.05) is 30.3 Å². The summed E-state index contributed by atoms with van der Waals surface area (Å²) in [7, 11) is 5.01. The van der Waals surface area contributed by atoms with Crippen LogP contribution in [0, 0.1) is 0 Å². The molecule has 0 saturated carbocycles. The number of esters is 2. The van der Waals surface area contributed by atoms with Crippen LogP contribution in [0.2, 0.25) is 0 Å². The zero-order valence-corrected chi connectivity index (χ0v) is 13.3. The van der Waals surface area contributed by atoms with Gasteiger partial charge >= 0.3 is 17.9 Å². The maximum atomic E-state index is 12.3. The third kappa shape index (κ3) is 2.86. The minimum Gasteiger partial charge on any atom is -0.466 e. The van der Waals surface area contributed by atoms with Gasteiger partial charge in [0.2, 0.25) is 0 Å². The number of hydrogen-bond acceptors (Lipinski definition) is 7. The molecule has 7 nitrogen and oxygen atoms in total. The second-order valence-corrected chi connectivity index (χ2v) is 4.64. The Labute approximate surface area is 133 Å². The van der Waals surface area contributed by atoms with Crippen molar-refractivity contribution in [3.8, 4) is 0 Å². The molecule has 2 rings (SSSR count). The van der Waals surface area contributed by atoms with Gasteiger partial charge in [0, 0.05) is 14.2 Å². The van der Waals surface area contributed by atoms with Gasteiger partial charge in [-0.2, -0.15) is 0 Å². The molecule has 1 atom stereocenters. The Morgan fingerprint density at radius 2 is 1.52 bits per heavy atom. The summed E-state index contributed by atoms with van der Waals surface area (Å²) >= 11 is 0. The predicted octanol–water partition coefficient (Wildman–Crippen LogP) is 1.35. The molecule has 1 aromatic carbocycles. The Morgan fingerprint density at radius 3 is 2.00 bits per heavy atom. The quantitative estimate of drug-likeness (QED) is 0.598. The van der Waals surface area contributed by atoms with Gasteiger partial charge in [0.1, 0.15) is 11.7 Å². The average molecular weight is 322 g/mol. The molecular weight excluding hydrogens is 304 g/mol. The fraction of sp³-hybridized carbons (Fsp3) is 0.375. The first kappa shape index (κ1) is 17.1. The SMILES string of the molecule is COC(=O)C1=C(C(=O)OC)C(OC)(OC)OC1c1ccccc1. The van der Waals surface area contributed by atoms with Crippen LogP contribution in [0.4, 0.5) is 0 Å². The van der Waals surface area contributed by atoms with Crippen LogP contribution in [0.25, 0.3) is 0 Å². The van der Waals surface area contributed by atoms with Crippen LogP contribution in [0.1, 0.15) is 11.7 Å². The Morgan fingerprint density at radius 1 is 0.957 bits per heavy atom. The van der Waals surface area contributed by atoms with Gasteiger partial charge in [-0.3, -0.25) is 0 Å². The zero-order valence-electron chi connectivity index (χ0n) is 13.3. The van der Waals surface area contributed by atoms with Crippen LogP contribution in [0.5, 0.6) is 0 Å². The van der Waals surface area contributed by atoms with Crippen LogP contribution in [0.3, 0.4) is 0 Å². The number of carbonyl (C=O) groups excluding carboxylic acids is 2. The van der Waals surface area contributed by atoms with Crippen molar-refractivity contribution in [3.63, 3.8) is 0 Å². The lowest BCUT2D eigenvalue weighted by molar-refractivity contribution is -0.337. The molecular formula is C16H18O7. The van der Waals surface area contributed by atoms with Gasteiger partial charge in [-0.15, -0.1) is 0 Å². The molecule has 0 saturated heterocycles. The summed E-state index contributed by atoms with van der Waals surface area (Å²) in [5.74, 6) is -3.38. The van der Waals surface area contributed by atoms with Crippen LogP contribution in [0.15, 0.2) is 41.5 Å². The van der Waals surface area contributed by atoms with Crippen molar-refractivity contribution in [1.29, 1.82) is 0 Å². The molecule has 0 fully saturated rings. The van der Waals surface area contributed by atoms with Crippen LogP contribution >= 0.6 is 0 Å². The molecule has 1 aliphatic rings. The minimum atomic E-state index is -1.85. The summed E-state index contributed by atoms with van der Waals surface area (Å²) in [6, 6.07) is 8.89. The monoisotopic (exact) mass is 322 g/mol. The largest absolute Gasteiger partial charge is 0.466 e. The van der Waals surface area contributed by atoms with Crippen molar-refractivity contribution in [2.45, 2.75) is 12.1 Å². The van der Waals surface area contributed by atoms with Crippen molar-refractivity contribution < 1.29 is 33.3 Å². The molecule has 1 unspecified atom stereocenters. The van der Waals surface area contributed by atoms with Crippen LogP contribution in [-0.2, 0) is 33.3 Å². The number of ether oxygens (including phenoxy) is 5. The highest BCUT2D eigenvalue weighted by Gasteiger charge is 2.55. The van der Waals surface area contributed by atoms with Gasteiger partial charge in [-0.05, 0) is 5.56 Å². The van der Waals surface area contributed by atoms with E-state index in [1.165, 1.54) is 28.4 Å². The lowest BCUT2D eigenvalue weighted by atomic mass is 9.98. The van der Waals surface area contributed by atoms with Crippen LogP contribution in [-0.4, -0.2) is 46.4 Å². The average Bonchev–Trinajstić information content (AvgIpc) is 2.97. The van der Waals surface area contributed by atoms with E-state index in [4.69, 9.17) is 23.7 Å². The zero-order chi connectivity index (χ0) is 17.0. The number of methoxy groups -OCH3 is 4. The highest BCUT2D eigenvalue weighted by Crippen LogP contribution is 2.46. The maximum absolute atomic E-state index is 12.3. The van der Waals surface area contributed by atoms with Gasteiger partial charge in [0.05, 0.1) is 19.8 Å². The molecule has 23 heavy (non-hydrogen) atoms. The van der Waals surface area contributed by atoms with Gasteiger partial charge in [0.25, 0.3) is 0 Å². The van der Waals surface area contributed by atoms with E-state index in [-0.39, 0.29) is 11.1 Å². The van der Waals surface area contributed by atoms with E-state index < -0.39 is 24.0 Å². The smallest absolute Gasteiger partial charge is 0.342 e. The number of carbonyl (C=O) groups is 2. The van der Waals surface area contributed by atoms with E-state index in [0.29, 0.717) is 5.56 Å². The van der Waals surface area contributed by atoms with E-state index in [1.54, 1.807) is 24.3 Å². The van der Waals surface area contributed by atoms with Gasteiger partial charge in [-0.25, -0.2) is 9.59 Å². The maximum Gasteiger partial charge on any atom is 0.342 e. The van der Waals surface area contributed by atoms with E-state index in [1.807, 2.05) is 6.07 Å². The summed E-state index contributed by atoms with van der Waals surface area (Å²) in [6.45, 7) is 0. The molecule has 0 radical (unpaired) electrons. The molecule has 0 N–H and O–H groups in total. The molecule has 0 aromatic heterocycles.